The molecule has 0 aliphatic heterocycles. The van der Waals surface area contributed by atoms with Gasteiger partial charge in [0.25, 0.3) is 11.2 Å². The van der Waals surface area contributed by atoms with Crippen LogP contribution in [0.3, 0.4) is 0 Å². The van der Waals surface area contributed by atoms with Crippen molar-refractivity contribution in [2.24, 2.45) is 0 Å². The van der Waals surface area contributed by atoms with Crippen molar-refractivity contribution in [3.8, 4) is 5.69 Å². The maximum atomic E-state index is 13.2. The van der Waals surface area contributed by atoms with Crippen LogP contribution < -0.4 is 10.7 Å². The van der Waals surface area contributed by atoms with Gasteiger partial charge in [0.1, 0.15) is 5.82 Å². The fourth-order valence-corrected chi connectivity index (χ4v) is 3.16. The van der Waals surface area contributed by atoms with Gasteiger partial charge in [-0.2, -0.15) is 0 Å². The molecule has 8 heteroatoms. The second-order valence-electron chi connectivity index (χ2n) is 6.65. The molecule has 8 nitrogen and oxygen atoms in total. The van der Waals surface area contributed by atoms with Crippen molar-refractivity contribution >= 4 is 34.7 Å². The van der Waals surface area contributed by atoms with Gasteiger partial charge in [-0.3, -0.25) is 19.5 Å². The van der Waals surface area contributed by atoms with Crippen LogP contribution in [-0.2, 0) is 0 Å². The van der Waals surface area contributed by atoms with Gasteiger partial charge in [-0.25, -0.2) is 4.98 Å². The predicted molar refractivity (Wildman–Crippen MR) is 114 cm³/mol. The summed E-state index contributed by atoms with van der Waals surface area (Å²) in [4.78, 5) is 39.4. The number of carbonyl (C=O) groups excluding carboxylic acids is 1. The maximum Gasteiger partial charge on any atom is 0.269 e. The molecule has 0 aliphatic carbocycles. The Morgan fingerprint density at radius 1 is 0.968 bits per heavy atom. The van der Waals surface area contributed by atoms with E-state index in [2.05, 4.69) is 4.98 Å². The summed E-state index contributed by atoms with van der Waals surface area (Å²) in [5.41, 5.74) is 1.03. The average Bonchev–Trinajstić information content (AvgIpc) is 2.78. The molecule has 0 fully saturated rings. The topological polar surface area (TPSA) is 118 Å². The molecular formula is C23H14N3O5-. The largest absolute Gasteiger partial charge is 0.545 e. The van der Waals surface area contributed by atoms with E-state index in [-0.39, 0.29) is 22.6 Å². The van der Waals surface area contributed by atoms with E-state index in [4.69, 9.17) is 0 Å². The number of nitrogens with zero attached hydrogens (tertiary/aromatic N) is 3. The van der Waals surface area contributed by atoms with Gasteiger partial charge < -0.3 is 9.90 Å². The minimum absolute atomic E-state index is 0.0306. The summed E-state index contributed by atoms with van der Waals surface area (Å²) in [6.45, 7) is 0. The minimum Gasteiger partial charge on any atom is -0.545 e. The number of aromatic nitrogens is 2. The Morgan fingerprint density at radius 3 is 2.42 bits per heavy atom. The van der Waals surface area contributed by atoms with Gasteiger partial charge in [0.05, 0.1) is 27.5 Å². The number of nitro groups is 1. The number of carboxylic acids is 1. The van der Waals surface area contributed by atoms with Crippen molar-refractivity contribution in [1.82, 2.24) is 9.55 Å². The molecule has 0 spiro atoms. The Balaban J connectivity index is 1.88. The van der Waals surface area contributed by atoms with E-state index in [0.717, 1.165) is 0 Å². The van der Waals surface area contributed by atoms with Crippen LogP contribution in [0.4, 0.5) is 5.69 Å². The molecule has 0 saturated heterocycles. The quantitative estimate of drug-likeness (QED) is 0.367. The van der Waals surface area contributed by atoms with E-state index >= 15 is 0 Å². The number of para-hydroxylation sites is 1. The standard InChI is InChI=1S/C23H15N3O5/c27-22-19-6-1-2-7-20(19)24-21(13-10-15-8-11-17(12-9-15)26(30)31)25(22)18-5-3-4-16(14-18)23(28)29/h1-14H,(H,28,29)/p-1/b13-10+. The number of non-ortho nitro benzene ring substituents is 1. The van der Waals surface area contributed by atoms with Crippen LogP contribution in [0, 0.1) is 10.1 Å². The summed E-state index contributed by atoms with van der Waals surface area (Å²) in [5.74, 6) is -1.08. The summed E-state index contributed by atoms with van der Waals surface area (Å²) in [6, 6.07) is 18.6. The van der Waals surface area contributed by atoms with E-state index in [0.29, 0.717) is 22.2 Å². The molecule has 4 aromatic rings. The second-order valence-corrected chi connectivity index (χ2v) is 6.65. The Hall–Kier alpha value is -4.59. The van der Waals surface area contributed by atoms with Crippen molar-refractivity contribution in [2.75, 3.05) is 0 Å². The molecule has 0 N–H and O–H groups in total. The highest BCUT2D eigenvalue weighted by Gasteiger charge is 2.12. The van der Waals surface area contributed by atoms with Crippen molar-refractivity contribution < 1.29 is 14.8 Å². The van der Waals surface area contributed by atoms with Crippen LogP contribution in [0.2, 0.25) is 0 Å². The van der Waals surface area contributed by atoms with Crippen LogP contribution in [0.25, 0.3) is 28.7 Å². The van der Waals surface area contributed by atoms with Gasteiger partial charge in [-0.05, 0) is 53.6 Å². The normalized spacial score (nSPS) is 11.1. The number of aromatic carboxylic acids is 1. The van der Waals surface area contributed by atoms with E-state index in [9.17, 15) is 24.8 Å². The molecule has 31 heavy (non-hydrogen) atoms. The Morgan fingerprint density at radius 2 is 1.71 bits per heavy atom. The third-order valence-electron chi connectivity index (χ3n) is 4.67. The Labute approximate surface area is 175 Å². The molecule has 0 atom stereocenters. The van der Waals surface area contributed by atoms with Crippen molar-refractivity contribution in [3.63, 3.8) is 0 Å². The third kappa shape index (κ3) is 3.95. The molecule has 3 aromatic carbocycles. The Bertz CT molecular complexity index is 1410. The van der Waals surface area contributed by atoms with Gasteiger partial charge in [0, 0.05) is 12.1 Å². The number of hydrogen-bond donors (Lipinski definition) is 0. The number of carbonyl (C=O) groups is 1. The third-order valence-corrected chi connectivity index (χ3v) is 4.67. The number of benzene rings is 3. The van der Waals surface area contributed by atoms with Gasteiger partial charge in [-0.15, -0.1) is 0 Å². The van der Waals surface area contributed by atoms with Gasteiger partial charge in [-0.1, -0.05) is 30.3 Å². The summed E-state index contributed by atoms with van der Waals surface area (Å²) in [7, 11) is 0. The van der Waals surface area contributed by atoms with Crippen LogP contribution in [0.1, 0.15) is 21.7 Å². The molecule has 4 rings (SSSR count). The zero-order valence-corrected chi connectivity index (χ0v) is 16.0. The van der Waals surface area contributed by atoms with E-state index in [1.807, 2.05) is 0 Å². The first kappa shape index (κ1) is 19.7. The van der Waals surface area contributed by atoms with Gasteiger partial charge in [0.15, 0.2) is 0 Å². The summed E-state index contributed by atoms with van der Waals surface area (Å²) in [6.07, 6.45) is 3.26. The number of carboxylic acid groups (broad SMARTS) is 1. The zero-order valence-electron chi connectivity index (χ0n) is 16.0. The highest BCUT2D eigenvalue weighted by Crippen LogP contribution is 2.18. The number of nitro benzene ring substituents is 1. The molecule has 0 bridgehead atoms. The summed E-state index contributed by atoms with van der Waals surface area (Å²) in [5, 5.41) is 22.5. The second kappa shape index (κ2) is 8.03. The first-order valence-electron chi connectivity index (χ1n) is 9.20. The number of hydrogen-bond acceptors (Lipinski definition) is 6. The predicted octanol–water partition coefficient (Wildman–Crippen LogP) is 2.83. The summed E-state index contributed by atoms with van der Waals surface area (Å²) < 4.78 is 1.32. The van der Waals surface area contributed by atoms with Crippen LogP contribution in [-0.4, -0.2) is 20.4 Å². The number of rotatable bonds is 5. The zero-order chi connectivity index (χ0) is 22.0. The van der Waals surface area contributed by atoms with E-state index in [1.54, 1.807) is 54.6 Å². The lowest BCUT2D eigenvalue weighted by atomic mass is 10.1. The van der Waals surface area contributed by atoms with E-state index < -0.39 is 10.9 Å². The van der Waals surface area contributed by atoms with Crippen molar-refractivity contribution in [3.05, 3.63) is 110 Å². The molecule has 0 aliphatic rings. The van der Waals surface area contributed by atoms with Crippen LogP contribution in [0.15, 0.2) is 77.6 Å². The molecule has 1 heterocycles. The average molecular weight is 412 g/mol. The molecule has 152 valence electrons. The van der Waals surface area contributed by atoms with Crippen molar-refractivity contribution in [2.45, 2.75) is 0 Å². The molecular weight excluding hydrogens is 398 g/mol. The molecule has 1 aromatic heterocycles. The lowest BCUT2D eigenvalue weighted by molar-refractivity contribution is -0.384. The highest BCUT2D eigenvalue weighted by molar-refractivity contribution is 5.87. The first-order chi connectivity index (χ1) is 14.9. The molecule has 0 radical (unpaired) electrons. The Kier molecular flexibility index (Phi) is 5.11. The lowest BCUT2D eigenvalue weighted by Crippen LogP contribution is -2.25. The van der Waals surface area contributed by atoms with Gasteiger partial charge >= 0.3 is 0 Å². The minimum atomic E-state index is -1.35. The molecule has 0 saturated carbocycles. The number of fused-ring (bicyclic) bond motifs is 1. The van der Waals surface area contributed by atoms with E-state index in [1.165, 1.54) is 34.9 Å². The smallest absolute Gasteiger partial charge is 0.269 e. The van der Waals surface area contributed by atoms with Crippen molar-refractivity contribution in [1.29, 1.82) is 0 Å². The maximum absolute atomic E-state index is 13.2. The molecule has 0 amide bonds. The fraction of sp³-hybridized carbons (Fsp3) is 0. The van der Waals surface area contributed by atoms with Gasteiger partial charge in [0.2, 0.25) is 0 Å². The first-order valence-corrected chi connectivity index (χ1v) is 9.20. The lowest BCUT2D eigenvalue weighted by Gasteiger charge is -2.13. The SMILES string of the molecule is O=C([O-])c1cccc(-n2c(/C=C/c3ccc([N+](=O)[O-])cc3)nc3ccccc3c2=O)c1. The monoisotopic (exact) mass is 412 g/mol. The molecule has 0 unspecified atom stereocenters. The summed E-state index contributed by atoms with van der Waals surface area (Å²) >= 11 is 0. The van der Waals surface area contributed by atoms with Crippen LogP contribution >= 0.6 is 0 Å². The van der Waals surface area contributed by atoms with Crippen LogP contribution in [0.5, 0.6) is 0 Å². The fourth-order valence-electron chi connectivity index (χ4n) is 3.16. The highest BCUT2D eigenvalue weighted by atomic mass is 16.6.